The first-order valence-electron chi connectivity index (χ1n) is 11.7. The summed E-state index contributed by atoms with van der Waals surface area (Å²) in [6, 6.07) is 10.4. The van der Waals surface area contributed by atoms with Crippen molar-refractivity contribution in [3.63, 3.8) is 0 Å². The number of benzene rings is 2. The minimum absolute atomic E-state index is 0.0216. The Hall–Kier alpha value is -2.78. The Kier molecular flexibility index (Phi) is 7.33. The zero-order valence-electron chi connectivity index (χ0n) is 19.3. The molecule has 0 aliphatic carbocycles. The van der Waals surface area contributed by atoms with Crippen molar-refractivity contribution in [3.05, 3.63) is 59.4 Å². The van der Waals surface area contributed by atoms with Gasteiger partial charge in [0.25, 0.3) is 0 Å². The molecular weight excluding hydrogens is 457 g/mol. The molecule has 2 aliphatic heterocycles. The number of fused-ring (bicyclic) bond motifs is 1. The molecule has 4 rings (SSSR count). The van der Waals surface area contributed by atoms with Crippen LogP contribution in [0.4, 0.5) is 10.1 Å². The van der Waals surface area contributed by atoms with Gasteiger partial charge in [-0.15, -0.1) is 0 Å². The molecule has 182 valence electrons. The van der Waals surface area contributed by atoms with Crippen molar-refractivity contribution < 1.29 is 22.4 Å². The van der Waals surface area contributed by atoms with Crippen molar-refractivity contribution in [2.45, 2.75) is 50.5 Å². The average molecular weight is 488 g/mol. The molecule has 2 aromatic rings. The Morgan fingerprint density at radius 1 is 1.00 bits per heavy atom. The van der Waals surface area contributed by atoms with Crippen LogP contribution in [0.2, 0.25) is 0 Å². The number of rotatable bonds is 7. The monoisotopic (exact) mass is 487 g/mol. The van der Waals surface area contributed by atoms with Crippen LogP contribution in [0.5, 0.6) is 0 Å². The fourth-order valence-electron chi connectivity index (χ4n) is 4.43. The predicted octanol–water partition coefficient (Wildman–Crippen LogP) is 3.23. The van der Waals surface area contributed by atoms with Crippen LogP contribution >= 0.6 is 0 Å². The lowest BCUT2D eigenvalue weighted by molar-refractivity contribution is -0.134. The number of nitrogens with one attached hydrogen (secondary N) is 1. The number of nitrogens with zero attached hydrogens (tertiary/aromatic N) is 2. The van der Waals surface area contributed by atoms with Gasteiger partial charge in [0.05, 0.1) is 4.90 Å². The number of likely N-dealkylation sites (tertiary alicyclic amines) is 1. The third kappa shape index (κ3) is 5.64. The Labute approximate surface area is 200 Å². The summed E-state index contributed by atoms with van der Waals surface area (Å²) in [5.41, 5.74) is 2.13. The van der Waals surface area contributed by atoms with Crippen LogP contribution in [-0.2, 0) is 32.6 Å². The van der Waals surface area contributed by atoms with Crippen LogP contribution in [0.15, 0.2) is 47.4 Å². The van der Waals surface area contributed by atoms with E-state index < -0.39 is 10.0 Å². The number of amides is 2. The van der Waals surface area contributed by atoms with E-state index >= 15 is 0 Å². The lowest BCUT2D eigenvalue weighted by Crippen LogP contribution is -2.38. The maximum Gasteiger partial charge on any atom is 0.240 e. The molecule has 1 fully saturated rings. The van der Waals surface area contributed by atoms with Crippen LogP contribution in [0.3, 0.4) is 0 Å². The molecule has 0 spiro atoms. The van der Waals surface area contributed by atoms with Crippen LogP contribution < -0.4 is 9.62 Å². The molecule has 0 atom stereocenters. The summed E-state index contributed by atoms with van der Waals surface area (Å²) >= 11 is 0. The summed E-state index contributed by atoms with van der Waals surface area (Å²) in [5, 5.41) is 0. The van der Waals surface area contributed by atoms with Crippen LogP contribution in [0.25, 0.3) is 0 Å². The van der Waals surface area contributed by atoms with E-state index in [9.17, 15) is 22.4 Å². The second kappa shape index (κ2) is 10.2. The number of carbonyl (C=O) groups is 2. The number of hydrogen-bond donors (Lipinski definition) is 1. The largest absolute Gasteiger partial charge is 0.343 e. The van der Waals surface area contributed by atoms with Gasteiger partial charge in [-0.05, 0) is 66.6 Å². The zero-order valence-corrected chi connectivity index (χ0v) is 20.1. The first-order valence-corrected chi connectivity index (χ1v) is 13.2. The van der Waals surface area contributed by atoms with Crippen LogP contribution in [0.1, 0.15) is 43.7 Å². The Bertz CT molecular complexity index is 1160. The third-order valence-electron chi connectivity index (χ3n) is 6.63. The highest BCUT2D eigenvalue weighted by Gasteiger charge is 2.28. The highest BCUT2D eigenvalue weighted by atomic mass is 32.2. The molecule has 0 aromatic heterocycles. The molecule has 2 aromatic carbocycles. The standard InChI is InChI=1S/C25H30FN3O4S/c1-18-10-13-28(14-11-18)24(30)8-9-25(31)29-15-12-20-16-22(6-7-23(20)29)34(32,33)27-17-19-2-4-21(26)5-3-19/h2-7,16,18,27H,8-15,17H2,1H3. The van der Waals surface area contributed by atoms with Crippen molar-refractivity contribution in [2.75, 3.05) is 24.5 Å². The molecular formula is C25H30FN3O4S. The number of piperidine rings is 1. The molecule has 1 N–H and O–H groups in total. The number of sulfonamides is 1. The highest BCUT2D eigenvalue weighted by Crippen LogP contribution is 2.31. The third-order valence-corrected chi connectivity index (χ3v) is 8.03. The summed E-state index contributed by atoms with van der Waals surface area (Å²) in [5.74, 6) is 0.157. The van der Waals surface area contributed by atoms with Crippen molar-refractivity contribution >= 4 is 27.5 Å². The van der Waals surface area contributed by atoms with Gasteiger partial charge in [-0.2, -0.15) is 0 Å². The lowest BCUT2D eigenvalue weighted by Gasteiger charge is -2.30. The molecule has 2 amide bonds. The van der Waals surface area contributed by atoms with Gasteiger partial charge in [0, 0.05) is 44.7 Å². The molecule has 0 saturated carbocycles. The molecule has 0 unspecified atom stereocenters. The summed E-state index contributed by atoms with van der Waals surface area (Å²) in [6.07, 6.45) is 2.90. The topological polar surface area (TPSA) is 86.8 Å². The molecule has 9 heteroatoms. The Morgan fingerprint density at radius 3 is 2.38 bits per heavy atom. The SMILES string of the molecule is CC1CCN(C(=O)CCC(=O)N2CCc3cc(S(=O)(=O)NCc4ccc(F)cc4)ccc32)CC1. The van der Waals surface area contributed by atoms with E-state index in [0.29, 0.717) is 30.1 Å². The molecule has 1 saturated heterocycles. The van der Waals surface area contributed by atoms with Crippen LogP contribution in [-0.4, -0.2) is 44.8 Å². The van der Waals surface area contributed by atoms with E-state index in [1.54, 1.807) is 17.0 Å². The molecule has 0 bridgehead atoms. The molecule has 34 heavy (non-hydrogen) atoms. The zero-order chi connectivity index (χ0) is 24.3. The number of halogens is 1. The van der Waals surface area contributed by atoms with E-state index in [2.05, 4.69) is 11.6 Å². The van der Waals surface area contributed by atoms with Crippen molar-refractivity contribution in [3.8, 4) is 0 Å². The average Bonchev–Trinajstić information content (AvgIpc) is 3.26. The van der Waals surface area contributed by atoms with E-state index in [1.807, 2.05) is 4.90 Å². The summed E-state index contributed by atoms with van der Waals surface area (Å²) in [6.45, 7) is 4.22. The smallest absolute Gasteiger partial charge is 0.240 e. The minimum Gasteiger partial charge on any atom is -0.343 e. The lowest BCUT2D eigenvalue weighted by atomic mass is 9.99. The van der Waals surface area contributed by atoms with Gasteiger partial charge in [-0.3, -0.25) is 9.59 Å². The summed E-state index contributed by atoms with van der Waals surface area (Å²) in [7, 11) is -3.76. The van der Waals surface area contributed by atoms with E-state index in [0.717, 1.165) is 31.5 Å². The van der Waals surface area contributed by atoms with Crippen molar-refractivity contribution in [1.29, 1.82) is 0 Å². The van der Waals surface area contributed by atoms with E-state index in [-0.39, 0.29) is 41.9 Å². The van der Waals surface area contributed by atoms with Gasteiger partial charge in [-0.25, -0.2) is 17.5 Å². The number of carbonyl (C=O) groups excluding carboxylic acids is 2. The molecule has 7 nitrogen and oxygen atoms in total. The number of anilines is 1. The fourth-order valence-corrected chi connectivity index (χ4v) is 5.50. The van der Waals surface area contributed by atoms with Gasteiger partial charge in [0.2, 0.25) is 21.8 Å². The van der Waals surface area contributed by atoms with E-state index in [1.165, 1.54) is 30.3 Å². The highest BCUT2D eigenvalue weighted by molar-refractivity contribution is 7.89. The van der Waals surface area contributed by atoms with E-state index in [4.69, 9.17) is 0 Å². The Balaban J connectivity index is 1.35. The van der Waals surface area contributed by atoms with Crippen molar-refractivity contribution in [1.82, 2.24) is 9.62 Å². The summed E-state index contributed by atoms with van der Waals surface area (Å²) in [4.78, 5) is 28.9. The maximum absolute atomic E-state index is 13.0. The fraction of sp³-hybridized carbons (Fsp3) is 0.440. The normalized spacial score (nSPS) is 16.5. The van der Waals surface area contributed by atoms with Gasteiger partial charge in [0.1, 0.15) is 5.82 Å². The quantitative estimate of drug-likeness (QED) is 0.650. The molecule has 2 heterocycles. The first kappa shape index (κ1) is 24.3. The van der Waals surface area contributed by atoms with Crippen molar-refractivity contribution in [2.24, 2.45) is 5.92 Å². The van der Waals surface area contributed by atoms with Gasteiger partial charge < -0.3 is 9.80 Å². The van der Waals surface area contributed by atoms with Crippen LogP contribution in [0, 0.1) is 11.7 Å². The Morgan fingerprint density at radius 2 is 1.68 bits per heavy atom. The maximum atomic E-state index is 13.0. The minimum atomic E-state index is -3.76. The van der Waals surface area contributed by atoms with Gasteiger partial charge in [-0.1, -0.05) is 19.1 Å². The van der Waals surface area contributed by atoms with Gasteiger partial charge >= 0.3 is 0 Å². The summed E-state index contributed by atoms with van der Waals surface area (Å²) < 4.78 is 41.0. The molecule has 0 radical (unpaired) electrons. The first-order chi connectivity index (χ1) is 16.2. The van der Waals surface area contributed by atoms with Gasteiger partial charge in [0.15, 0.2) is 0 Å². The predicted molar refractivity (Wildman–Crippen MR) is 127 cm³/mol. The second-order valence-corrected chi connectivity index (χ2v) is 10.9. The number of hydrogen-bond acceptors (Lipinski definition) is 4. The molecule has 2 aliphatic rings. The second-order valence-electron chi connectivity index (χ2n) is 9.10.